The predicted octanol–water partition coefficient (Wildman–Crippen LogP) is 3.10. The van der Waals surface area contributed by atoms with Crippen LogP contribution in [0.3, 0.4) is 0 Å². The first kappa shape index (κ1) is 18.5. The number of para-hydroxylation sites is 1. The number of amides is 2. The first-order valence-corrected chi connectivity index (χ1v) is 9.01. The summed E-state index contributed by atoms with van der Waals surface area (Å²) in [6.45, 7) is 3.44. The molecule has 3 aromatic rings. The van der Waals surface area contributed by atoms with Crippen molar-refractivity contribution in [2.24, 2.45) is 0 Å². The molecule has 1 aromatic heterocycles. The van der Waals surface area contributed by atoms with Crippen LogP contribution >= 0.6 is 0 Å². The minimum Gasteiger partial charge on any atom is -0.492 e. The zero-order chi connectivity index (χ0) is 18.9. The fourth-order valence-corrected chi connectivity index (χ4v) is 2.63. The van der Waals surface area contributed by atoms with Crippen LogP contribution in [0.25, 0.3) is 5.69 Å². The molecule has 0 bridgehead atoms. The highest BCUT2D eigenvalue weighted by atomic mass is 16.5. The fraction of sp³-hybridized carbons (Fsp3) is 0.238. The third kappa shape index (κ3) is 5.88. The zero-order valence-electron chi connectivity index (χ0n) is 15.4. The summed E-state index contributed by atoms with van der Waals surface area (Å²) in [5, 5.41) is 9.99. The van der Waals surface area contributed by atoms with Crippen LogP contribution in [0, 0.1) is 6.92 Å². The molecule has 27 heavy (non-hydrogen) atoms. The van der Waals surface area contributed by atoms with Crippen molar-refractivity contribution < 1.29 is 9.53 Å². The van der Waals surface area contributed by atoms with Crippen molar-refractivity contribution in [3.8, 4) is 11.4 Å². The van der Waals surface area contributed by atoms with Crippen LogP contribution < -0.4 is 15.4 Å². The number of nitrogens with zero attached hydrogens (tertiary/aromatic N) is 2. The van der Waals surface area contributed by atoms with E-state index in [1.165, 1.54) is 0 Å². The van der Waals surface area contributed by atoms with Gasteiger partial charge in [-0.15, -0.1) is 0 Å². The zero-order valence-corrected chi connectivity index (χ0v) is 15.4. The first-order valence-electron chi connectivity index (χ1n) is 9.01. The van der Waals surface area contributed by atoms with Gasteiger partial charge < -0.3 is 15.4 Å². The van der Waals surface area contributed by atoms with Crippen LogP contribution in [0.1, 0.15) is 11.1 Å². The van der Waals surface area contributed by atoms with Gasteiger partial charge in [0.05, 0.1) is 18.4 Å². The smallest absolute Gasteiger partial charge is 0.314 e. The Balaban J connectivity index is 1.32. The Labute approximate surface area is 159 Å². The quantitative estimate of drug-likeness (QED) is 0.604. The van der Waals surface area contributed by atoms with E-state index in [4.69, 9.17) is 4.74 Å². The highest BCUT2D eigenvalue weighted by molar-refractivity contribution is 5.73. The number of hydrogen-bond donors (Lipinski definition) is 2. The highest BCUT2D eigenvalue weighted by Crippen LogP contribution is 2.11. The van der Waals surface area contributed by atoms with E-state index in [2.05, 4.69) is 15.7 Å². The van der Waals surface area contributed by atoms with E-state index in [9.17, 15) is 4.79 Å². The largest absolute Gasteiger partial charge is 0.492 e. The molecule has 2 aromatic carbocycles. The predicted molar refractivity (Wildman–Crippen MR) is 105 cm³/mol. The molecule has 2 N–H and O–H groups in total. The molecule has 0 unspecified atom stereocenters. The maximum Gasteiger partial charge on any atom is 0.314 e. The van der Waals surface area contributed by atoms with Gasteiger partial charge in [-0.3, -0.25) is 0 Å². The van der Waals surface area contributed by atoms with Crippen molar-refractivity contribution in [3.05, 3.63) is 78.1 Å². The number of ether oxygens (including phenoxy) is 1. The van der Waals surface area contributed by atoms with Crippen LogP contribution in [0.4, 0.5) is 4.79 Å². The summed E-state index contributed by atoms with van der Waals surface area (Å²) in [5.74, 6) is 0.813. The average molecular weight is 364 g/mol. The summed E-state index contributed by atoms with van der Waals surface area (Å²) in [7, 11) is 0. The highest BCUT2D eigenvalue weighted by Gasteiger charge is 2.03. The summed E-state index contributed by atoms with van der Waals surface area (Å²) >= 11 is 0. The first-order chi connectivity index (χ1) is 13.2. The van der Waals surface area contributed by atoms with E-state index in [1.807, 2.05) is 78.6 Å². The lowest BCUT2D eigenvalue weighted by molar-refractivity contribution is 0.236. The summed E-state index contributed by atoms with van der Waals surface area (Å²) in [4.78, 5) is 11.8. The number of rotatable bonds is 8. The molecule has 0 fully saturated rings. The SMILES string of the molecule is Cc1cccc(OCCNC(=O)NCCc2cnn(-c3ccccc3)c2)c1. The molecule has 0 atom stereocenters. The minimum absolute atomic E-state index is 0.196. The van der Waals surface area contributed by atoms with Crippen molar-refractivity contribution >= 4 is 6.03 Å². The van der Waals surface area contributed by atoms with Gasteiger partial charge in [0.1, 0.15) is 12.4 Å². The number of nitrogens with one attached hydrogen (secondary N) is 2. The van der Waals surface area contributed by atoms with Crippen LogP contribution in [0.15, 0.2) is 67.0 Å². The Bertz CT molecular complexity index is 861. The third-order valence-corrected chi connectivity index (χ3v) is 4.00. The van der Waals surface area contributed by atoms with Gasteiger partial charge in [-0.05, 0) is 48.7 Å². The number of urea groups is 1. The summed E-state index contributed by atoms with van der Waals surface area (Å²) < 4.78 is 7.43. The maximum atomic E-state index is 11.8. The molecule has 0 radical (unpaired) electrons. The second kappa shape index (κ2) is 9.43. The lowest BCUT2D eigenvalue weighted by Gasteiger charge is -2.09. The van der Waals surface area contributed by atoms with Crippen LogP contribution in [0.2, 0.25) is 0 Å². The Kier molecular flexibility index (Phi) is 6.46. The van der Waals surface area contributed by atoms with Gasteiger partial charge in [-0.2, -0.15) is 5.10 Å². The third-order valence-electron chi connectivity index (χ3n) is 4.00. The number of aryl methyl sites for hydroxylation is 1. The summed E-state index contributed by atoms with van der Waals surface area (Å²) in [6.07, 6.45) is 4.52. The van der Waals surface area contributed by atoms with E-state index in [0.717, 1.165) is 29.0 Å². The minimum atomic E-state index is -0.196. The van der Waals surface area contributed by atoms with E-state index >= 15 is 0 Å². The number of benzene rings is 2. The lowest BCUT2D eigenvalue weighted by Crippen LogP contribution is -2.38. The lowest BCUT2D eigenvalue weighted by atomic mass is 10.2. The average Bonchev–Trinajstić information content (AvgIpc) is 3.15. The second-order valence-electron chi connectivity index (χ2n) is 6.23. The molecule has 0 aliphatic carbocycles. The van der Waals surface area contributed by atoms with E-state index in [0.29, 0.717) is 19.7 Å². The van der Waals surface area contributed by atoms with Crippen LogP contribution in [-0.2, 0) is 6.42 Å². The number of aromatic nitrogens is 2. The fourth-order valence-electron chi connectivity index (χ4n) is 2.63. The van der Waals surface area contributed by atoms with Gasteiger partial charge in [-0.25, -0.2) is 9.48 Å². The van der Waals surface area contributed by atoms with Gasteiger partial charge in [0, 0.05) is 12.7 Å². The molecule has 6 nitrogen and oxygen atoms in total. The number of carbonyl (C=O) groups is 1. The molecular formula is C21H24N4O2. The monoisotopic (exact) mass is 364 g/mol. The van der Waals surface area contributed by atoms with Gasteiger partial charge in [0.25, 0.3) is 0 Å². The topological polar surface area (TPSA) is 68.2 Å². The second-order valence-corrected chi connectivity index (χ2v) is 6.23. The molecule has 140 valence electrons. The molecule has 0 saturated heterocycles. The Morgan fingerprint density at radius 1 is 1.07 bits per heavy atom. The molecule has 0 spiro atoms. The van der Waals surface area contributed by atoms with Crippen LogP contribution in [-0.4, -0.2) is 35.5 Å². The number of carbonyl (C=O) groups excluding carboxylic acids is 1. The van der Waals surface area contributed by atoms with Gasteiger partial charge in [0.15, 0.2) is 0 Å². The Hall–Kier alpha value is -3.28. The van der Waals surface area contributed by atoms with Crippen molar-refractivity contribution in [3.63, 3.8) is 0 Å². The van der Waals surface area contributed by atoms with Crippen molar-refractivity contribution in [2.45, 2.75) is 13.3 Å². The van der Waals surface area contributed by atoms with Gasteiger partial charge in [0.2, 0.25) is 0 Å². The van der Waals surface area contributed by atoms with Gasteiger partial charge in [-0.1, -0.05) is 30.3 Å². The van der Waals surface area contributed by atoms with Crippen LogP contribution in [0.5, 0.6) is 5.75 Å². The molecule has 0 aliphatic heterocycles. The van der Waals surface area contributed by atoms with Crippen molar-refractivity contribution in [2.75, 3.05) is 19.7 Å². The van der Waals surface area contributed by atoms with Crippen molar-refractivity contribution in [1.82, 2.24) is 20.4 Å². The summed E-state index contributed by atoms with van der Waals surface area (Å²) in [5.41, 5.74) is 3.23. The maximum absolute atomic E-state index is 11.8. The van der Waals surface area contributed by atoms with E-state index < -0.39 is 0 Å². The Morgan fingerprint density at radius 3 is 2.70 bits per heavy atom. The normalized spacial score (nSPS) is 10.4. The molecule has 3 rings (SSSR count). The summed E-state index contributed by atoms with van der Waals surface area (Å²) in [6, 6.07) is 17.6. The Morgan fingerprint density at radius 2 is 1.89 bits per heavy atom. The standard InChI is InChI=1S/C21H24N4O2/c1-17-6-5-9-20(14-17)27-13-12-23-21(26)22-11-10-18-15-24-25(16-18)19-7-3-2-4-8-19/h2-9,14-16H,10-13H2,1H3,(H2,22,23,26). The van der Waals surface area contributed by atoms with Crippen molar-refractivity contribution in [1.29, 1.82) is 0 Å². The molecule has 1 heterocycles. The number of hydrogen-bond acceptors (Lipinski definition) is 3. The van der Waals surface area contributed by atoms with E-state index in [1.54, 1.807) is 0 Å². The molecule has 0 aliphatic rings. The molecular weight excluding hydrogens is 340 g/mol. The molecule has 6 heteroatoms. The van der Waals surface area contributed by atoms with E-state index in [-0.39, 0.29) is 6.03 Å². The molecule has 0 saturated carbocycles. The molecule has 2 amide bonds. The van der Waals surface area contributed by atoms with Gasteiger partial charge >= 0.3 is 6.03 Å².